The molecule has 1 aliphatic heterocycles. The first-order valence-corrected chi connectivity index (χ1v) is 10.5. The standard InChI is InChI=1S/C24H31N3O2/c1-4-22(28)27-14-11-24(17-27,23(29)26-16-18(2)3)15-20-7-5-6-8-21(20)19-9-12-25-13-10-19/h5-10,12-13,18H,4,11,14-17H2,1-3H3,(H,26,29)/t24-/m0/s1. The molecule has 0 spiro atoms. The Kier molecular flexibility index (Phi) is 6.68. The van der Waals surface area contributed by atoms with E-state index in [0.717, 1.165) is 16.7 Å². The lowest BCUT2D eigenvalue weighted by molar-refractivity contribution is -0.133. The summed E-state index contributed by atoms with van der Waals surface area (Å²) in [4.78, 5) is 31.6. The molecule has 1 atom stereocenters. The van der Waals surface area contributed by atoms with Crippen LogP contribution in [0, 0.1) is 11.3 Å². The average Bonchev–Trinajstić information content (AvgIpc) is 3.17. The predicted molar refractivity (Wildman–Crippen MR) is 115 cm³/mol. The molecule has 5 heteroatoms. The second kappa shape index (κ2) is 9.21. The average molecular weight is 394 g/mol. The molecule has 0 saturated carbocycles. The van der Waals surface area contributed by atoms with Gasteiger partial charge in [0.2, 0.25) is 11.8 Å². The number of carbonyl (C=O) groups is 2. The highest BCUT2D eigenvalue weighted by Crippen LogP contribution is 2.37. The van der Waals surface area contributed by atoms with Gasteiger partial charge in [0.15, 0.2) is 0 Å². The van der Waals surface area contributed by atoms with E-state index in [1.165, 1.54) is 0 Å². The highest BCUT2D eigenvalue weighted by molar-refractivity contribution is 5.86. The largest absolute Gasteiger partial charge is 0.355 e. The van der Waals surface area contributed by atoms with E-state index in [1.54, 1.807) is 12.4 Å². The number of nitrogens with one attached hydrogen (secondary N) is 1. The van der Waals surface area contributed by atoms with Crippen LogP contribution in [-0.4, -0.2) is 41.3 Å². The second-order valence-electron chi connectivity index (χ2n) is 8.37. The molecular weight excluding hydrogens is 362 g/mol. The van der Waals surface area contributed by atoms with Crippen LogP contribution >= 0.6 is 0 Å². The van der Waals surface area contributed by atoms with Gasteiger partial charge in [-0.1, -0.05) is 45.0 Å². The summed E-state index contributed by atoms with van der Waals surface area (Å²) in [5, 5.41) is 3.13. The molecule has 3 rings (SSSR count). The molecule has 2 amide bonds. The summed E-state index contributed by atoms with van der Waals surface area (Å²) in [6.45, 7) is 7.82. The van der Waals surface area contributed by atoms with Gasteiger partial charge in [-0.2, -0.15) is 0 Å². The van der Waals surface area contributed by atoms with Gasteiger partial charge in [-0.15, -0.1) is 0 Å². The number of nitrogens with zero attached hydrogens (tertiary/aromatic N) is 2. The van der Waals surface area contributed by atoms with Gasteiger partial charge in [0.1, 0.15) is 0 Å². The number of hydrogen-bond acceptors (Lipinski definition) is 3. The fourth-order valence-electron chi connectivity index (χ4n) is 4.06. The summed E-state index contributed by atoms with van der Waals surface area (Å²) in [6.07, 6.45) is 5.34. The van der Waals surface area contributed by atoms with Crippen LogP contribution in [0.4, 0.5) is 0 Å². The van der Waals surface area contributed by atoms with Crippen molar-refractivity contribution in [3.05, 3.63) is 54.4 Å². The Labute approximate surface area is 173 Å². The van der Waals surface area contributed by atoms with E-state index in [4.69, 9.17) is 0 Å². The number of likely N-dealkylation sites (tertiary alicyclic amines) is 1. The first-order chi connectivity index (χ1) is 13.9. The Balaban J connectivity index is 1.93. The lowest BCUT2D eigenvalue weighted by Crippen LogP contribution is -2.46. The van der Waals surface area contributed by atoms with Crippen molar-refractivity contribution in [2.75, 3.05) is 19.6 Å². The first kappa shape index (κ1) is 21.0. The summed E-state index contributed by atoms with van der Waals surface area (Å²) < 4.78 is 0. The van der Waals surface area contributed by atoms with Crippen LogP contribution in [0.5, 0.6) is 0 Å². The van der Waals surface area contributed by atoms with Crippen molar-refractivity contribution in [1.82, 2.24) is 15.2 Å². The number of carbonyl (C=O) groups excluding carboxylic acids is 2. The van der Waals surface area contributed by atoms with Crippen molar-refractivity contribution in [3.8, 4) is 11.1 Å². The van der Waals surface area contributed by atoms with E-state index < -0.39 is 5.41 Å². The number of hydrogen-bond donors (Lipinski definition) is 1. The molecule has 0 radical (unpaired) electrons. The number of rotatable bonds is 7. The first-order valence-electron chi connectivity index (χ1n) is 10.5. The molecule has 1 aromatic heterocycles. The molecular formula is C24H31N3O2. The van der Waals surface area contributed by atoms with E-state index in [9.17, 15) is 9.59 Å². The van der Waals surface area contributed by atoms with Crippen LogP contribution in [0.25, 0.3) is 11.1 Å². The quantitative estimate of drug-likeness (QED) is 0.780. The van der Waals surface area contributed by atoms with Crippen LogP contribution in [0.2, 0.25) is 0 Å². The second-order valence-corrected chi connectivity index (χ2v) is 8.37. The Hall–Kier alpha value is -2.69. The third-order valence-electron chi connectivity index (χ3n) is 5.70. The molecule has 0 unspecified atom stereocenters. The number of amides is 2. The zero-order chi connectivity index (χ0) is 20.9. The third-order valence-corrected chi connectivity index (χ3v) is 5.70. The van der Waals surface area contributed by atoms with Crippen molar-refractivity contribution in [1.29, 1.82) is 0 Å². The maximum Gasteiger partial charge on any atom is 0.228 e. The van der Waals surface area contributed by atoms with Gasteiger partial charge in [0.25, 0.3) is 0 Å². The summed E-state index contributed by atoms with van der Waals surface area (Å²) in [5.74, 6) is 0.558. The molecule has 0 bridgehead atoms. The Morgan fingerprint density at radius 3 is 2.59 bits per heavy atom. The normalized spacial score (nSPS) is 18.8. The zero-order valence-corrected chi connectivity index (χ0v) is 17.6. The summed E-state index contributed by atoms with van der Waals surface area (Å²) >= 11 is 0. The lowest BCUT2D eigenvalue weighted by Gasteiger charge is -2.29. The molecule has 1 aliphatic rings. The van der Waals surface area contributed by atoms with Gasteiger partial charge in [-0.3, -0.25) is 14.6 Å². The minimum atomic E-state index is -0.594. The molecule has 1 N–H and O–H groups in total. The third kappa shape index (κ3) is 4.84. The van der Waals surface area contributed by atoms with Crippen LogP contribution in [-0.2, 0) is 16.0 Å². The fourth-order valence-corrected chi connectivity index (χ4v) is 4.06. The summed E-state index contributed by atoms with van der Waals surface area (Å²) in [7, 11) is 0. The molecule has 2 heterocycles. The highest BCUT2D eigenvalue weighted by atomic mass is 16.2. The van der Waals surface area contributed by atoms with E-state index >= 15 is 0 Å². The molecule has 1 fully saturated rings. The van der Waals surface area contributed by atoms with Crippen molar-refractivity contribution in [2.24, 2.45) is 11.3 Å². The van der Waals surface area contributed by atoms with Gasteiger partial charge < -0.3 is 10.2 Å². The monoisotopic (exact) mass is 393 g/mol. The molecule has 154 valence electrons. The summed E-state index contributed by atoms with van der Waals surface area (Å²) in [6, 6.07) is 12.2. The van der Waals surface area contributed by atoms with Crippen LogP contribution in [0.1, 0.15) is 39.2 Å². The van der Waals surface area contributed by atoms with Crippen molar-refractivity contribution < 1.29 is 9.59 Å². The molecule has 5 nitrogen and oxygen atoms in total. The van der Waals surface area contributed by atoms with Crippen molar-refractivity contribution in [2.45, 2.75) is 40.0 Å². The van der Waals surface area contributed by atoms with E-state index in [2.05, 4.69) is 36.3 Å². The van der Waals surface area contributed by atoms with Gasteiger partial charge in [-0.05, 0) is 47.6 Å². The molecule has 2 aromatic rings. The number of aromatic nitrogens is 1. The SMILES string of the molecule is CCC(=O)N1CC[C@@](Cc2ccccc2-c2ccncc2)(C(=O)NCC(C)C)C1. The van der Waals surface area contributed by atoms with Crippen molar-refractivity contribution in [3.63, 3.8) is 0 Å². The van der Waals surface area contributed by atoms with Crippen LogP contribution in [0.15, 0.2) is 48.8 Å². The summed E-state index contributed by atoms with van der Waals surface area (Å²) in [5.41, 5.74) is 2.74. The zero-order valence-electron chi connectivity index (χ0n) is 17.6. The molecule has 29 heavy (non-hydrogen) atoms. The molecule has 1 saturated heterocycles. The Morgan fingerprint density at radius 2 is 1.90 bits per heavy atom. The molecule has 1 aromatic carbocycles. The van der Waals surface area contributed by atoms with E-state index in [0.29, 0.717) is 44.8 Å². The minimum absolute atomic E-state index is 0.0575. The van der Waals surface area contributed by atoms with Gasteiger partial charge in [-0.25, -0.2) is 0 Å². The maximum atomic E-state index is 13.3. The number of benzene rings is 1. The highest BCUT2D eigenvalue weighted by Gasteiger charge is 2.45. The number of pyridine rings is 1. The van der Waals surface area contributed by atoms with Gasteiger partial charge >= 0.3 is 0 Å². The van der Waals surface area contributed by atoms with Gasteiger partial charge in [0, 0.05) is 38.4 Å². The Morgan fingerprint density at radius 1 is 1.17 bits per heavy atom. The predicted octanol–water partition coefficient (Wildman–Crippen LogP) is 3.69. The van der Waals surface area contributed by atoms with Crippen LogP contribution in [0.3, 0.4) is 0 Å². The fraction of sp³-hybridized carbons (Fsp3) is 0.458. The Bertz CT molecular complexity index is 850. The smallest absolute Gasteiger partial charge is 0.228 e. The molecule has 0 aliphatic carbocycles. The van der Waals surface area contributed by atoms with Crippen LogP contribution < -0.4 is 5.32 Å². The van der Waals surface area contributed by atoms with Crippen molar-refractivity contribution >= 4 is 11.8 Å². The lowest BCUT2D eigenvalue weighted by atomic mass is 9.78. The maximum absolute atomic E-state index is 13.3. The van der Waals surface area contributed by atoms with Gasteiger partial charge in [0.05, 0.1) is 5.41 Å². The minimum Gasteiger partial charge on any atom is -0.355 e. The van der Waals surface area contributed by atoms with E-state index in [-0.39, 0.29) is 11.8 Å². The van der Waals surface area contributed by atoms with E-state index in [1.807, 2.05) is 36.1 Å². The topological polar surface area (TPSA) is 62.3 Å².